The summed E-state index contributed by atoms with van der Waals surface area (Å²) in [7, 11) is 0. The molecule has 0 radical (unpaired) electrons. The molecule has 1 aromatic carbocycles. The normalized spacial score (nSPS) is 11.0. The van der Waals surface area contributed by atoms with Gasteiger partial charge in [0, 0.05) is 16.6 Å². The van der Waals surface area contributed by atoms with Crippen molar-refractivity contribution in [2.24, 2.45) is 0 Å². The lowest BCUT2D eigenvalue weighted by molar-refractivity contribution is 0.900. The molecule has 0 amide bonds. The standard InChI is InChI=1S/C13H17N/c1-3-7-10-11-8-5-6-9-13(11)14-12(10)4-2/h5-6,8-9,14H,3-4,7H2,1-2H3. The minimum atomic E-state index is 1.10. The van der Waals surface area contributed by atoms with E-state index in [4.69, 9.17) is 0 Å². The number of aromatic nitrogens is 1. The Kier molecular flexibility index (Phi) is 2.58. The Morgan fingerprint density at radius 3 is 2.64 bits per heavy atom. The van der Waals surface area contributed by atoms with Gasteiger partial charge in [-0.3, -0.25) is 0 Å². The average molecular weight is 187 g/mol. The van der Waals surface area contributed by atoms with Crippen LogP contribution < -0.4 is 0 Å². The molecule has 0 aliphatic heterocycles. The lowest BCUT2D eigenvalue weighted by atomic mass is 10.1. The molecule has 0 aliphatic carbocycles. The summed E-state index contributed by atoms with van der Waals surface area (Å²) in [5.41, 5.74) is 4.21. The van der Waals surface area contributed by atoms with E-state index >= 15 is 0 Å². The number of hydrogen-bond acceptors (Lipinski definition) is 0. The van der Waals surface area contributed by atoms with E-state index in [9.17, 15) is 0 Å². The molecule has 1 N–H and O–H groups in total. The predicted molar refractivity (Wildman–Crippen MR) is 61.7 cm³/mol. The Hall–Kier alpha value is -1.24. The van der Waals surface area contributed by atoms with Crippen LogP contribution in [0.1, 0.15) is 31.5 Å². The number of fused-ring (bicyclic) bond motifs is 1. The molecule has 0 fully saturated rings. The summed E-state index contributed by atoms with van der Waals surface area (Å²) in [6.45, 7) is 4.45. The highest BCUT2D eigenvalue weighted by Gasteiger charge is 2.07. The fourth-order valence-electron chi connectivity index (χ4n) is 2.09. The van der Waals surface area contributed by atoms with Crippen LogP contribution in [0.5, 0.6) is 0 Å². The molecule has 0 bridgehead atoms. The van der Waals surface area contributed by atoms with Crippen molar-refractivity contribution in [2.45, 2.75) is 33.1 Å². The zero-order valence-electron chi connectivity index (χ0n) is 8.93. The third-order valence-corrected chi connectivity index (χ3v) is 2.76. The van der Waals surface area contributed by atoms with Crippen molar-refractivity contribution in [1.82, 2.24) is 4.98 Å². The maximum absolute atomic E-state index is 3.50. The summed E-state index contributed by atoms with van der Waals surface area (Å²) in [4.78, 5) is 3.50. The smallest absolute Gasteiger partial charge is 0.0458 e. The maximum atomic E-state index is 3.50. The highest BCUT2D eigenvalue weighted by molar-refractivity contribution is 5.84. The molecular formula is C13H17N. The van der Waals surface area contributed by atoms with Crippen molar-refractivity contribution in [2.75, 3.05) is 0 Å². The monoisotopic (exact) mass is 187 g/mol. The summed E-state index contributed by atoms with van der Waals surface area (Å²) < 4.78 is 0. The van der Waals surface area contributed by atoms with E-state index in [1.807, 2.05) is 0 Å². The molecule has 1 heteroatoms. The van der Waals surface area contributed by atoms with Crippen LogP contribution in [0.15, 0.2) is 24.3 Å². The Labute approximate surface area is 85.1 Å². The number of hydrogen-bond donors (Lipinski definition) is 1. The lowest BCUT2D eigenvalue weighted by Crippen LogP contribution is -1.88. The average Bonchev–Trinajstić information content (AvgIpc) is 2.58. The SMILES string of the molecule is CCCc1c(CC)[nH]c2ccccc12. The first-order valence-corrected chi connectivity index (χ1v) is 5.45. The van der Waals surface area contributed by atoms with Crippen LogP contribution in [-0.4, -0.2) is 4.98 Å². The van der Waals surface area contributed by atoms with Gasteiger partial charge >= 0.3 is 0 Å². The zero-order chi connectivity index (χ0) is 9.97. The minimum absolute atomic E-state index is 1.10. The number of rotatable bonds is 3. The molecule has 2 rings (SSSR count). The predicted octanol–water partition coefficient (Wildman–Crippen LogP) is 3.68. The van der Waals surface area contributed by atoms with E-state index in [1.54, 1.807) is 0 Å². The summed E-state index contributed by atoms with van der Waals surface area (Å²) in [6.07, 6.45) is 3.51. The Morgan fingerprint density at radius 1 is 1.14 bits per heavy atom. The van der Waals surface area contributed by atoms with Gasteiger partial charge in [-0.1, -0.05) is 38.5 Å². The Bertz CT molecular complexity index is 426. The highest BCUT2D eigenvalue weighted by Crippen LogP contribution is 2.23. The van der Waals surface area contributed by atoms with Crippen molar-refractivity contribution in [1.29, 1.82) is 0 Å². The number of aromatic amines is 1. The van der Waals surface area contributed by atoms with Crippen molar-refractivity contribution in [3.63, 3.8) is 0 Å². The molecule has 14 heavy (non-hydrogen) atoms. The first-order chi connectivity index (χ1) is 6.86. The molecular weight excluding hydrogens is 170 g/mol. The minimum Gasteiger partial charge on any atom is -0.358 e. The van der Waals surface area contributed by atoms with Gasteiger partial charge in [0.1, 0.15) is 0 Å². The quantitative estimate of drug-likeness (QED) is 0.754. The number of nitrogens with one attached hydrogen (secondary N) is 1. The number of H-pyrrole nitrogens is 1. The van der Waals surface area contributed by atoms with Gasteiger partial charge in [0.25, 0.3) is 0 Å². The van der Waals surface area contributed by atoms with E-state index in [-0.39, 0.29) is 0 Å². The van der Waals surface area contributed by atoms with Gasteiger partial charge in [0.15, 0.2) is 0 Å². The number of para-hydroxylation sites is 1. The van der Waals surface area contributed by atoms with Gasteiger partial charge < -0.3 is 4.98 Å². The third-order valence-electron chi connectivity index (χ3n) is 2.76. The van der Waals surface area contributed by atoms with Crippen LogP contribution in [0.25, 0.3) is 10.9 Å². The summed E-state index contributed by atoms with van der Waals surface area (Å²) >= 11 is 0. The molecule has 0 saturated carbocycles. The molecule has 1 nitrogen and oxygen atoms in total. The largest absolute Gasteiger partial charge is 0.358 e. The first kappa shape index (κ1) is 9.32. The Balaban J connectivity index is 2.61. The zero-order valence-corrected chi connectivity index (χ0v) is 8.93. The van der Waals surface area contributed by atoms with Crippen LogP contribution >= 0.6 is 0 Å². The van der Waals surface area contributed by atoms with Gasteiger partial charge in [-0.15, -0.1) is 0 Å². The molecule has 0 unspecified atom stereocenters. The number of benzene rings is 1. The topological polar surface area (TPSA) is 15.8 Å². The summed E-state index contributed by atoms with van der Waals surface area (Å²) in [5.74, 6) is 0. The fourth-order valence-corrected chi connectivity index (χ4v) is 2.09. The van der Waals surface area contributed by atoms with E-state index in [1.165, 1.54) is 35.0 Å². The van der Waals surface area contributed by atoms with Gasteiger partial charge in [-0.05, 0) is 24.5 Å². The summed E-state index contributed by atoms with van der Waals surface area (Å²) in [5, 5.41) is 1.41. The molecule has 1 heterocycles. The third kappa shape index (κ3) is 1.43. The second-order valence-electron chi connectivity index (χ2n) is 3.73. The van der Waals surface area contributed by atoms with Crippen LogP contribution in [-0.2, 0) is 12.8 Å². The highest BCUT2D eigenvalue weighted by atomic mass is 14.7. The van der Waals surface area contributed by atoms with Gasteiger partial charge in [0.2, 0.25) is 0 Å². The molecule has 0 spiro atoms. The molecule has 0 saturated heterocycles. The maximum Gasteiger partial charge on any atom is 0.0458 e. The summed E-state index contributed by atoms with van der Waals surface area (Å²) in [6, 6.07) is 8.59. The van der Waals surface area contributed by atoms with Crippen molar-refractivity contribution in [3.05, 3.63) is 35.5 Å². The Morgan fingerprint density at radius 2 is 1.93 bits per heavy atom. The van der Waals surface area contributed by atoms with Crippen LogP contribution in [0, 0.1) is 0 Å². The molecule has 0 atom stereocenters. The van der Waals surface area contributed by atoms with E-state index < -0.39 is 0 Å². The molecule has 1 aromatic heterocycles. The molecule has 2 aromatic rings. The second-order valence-corrected chi connectivity index (χ2v) is 3.73. The van der Waals surface area contributed by atoms with Gasteiger partial charge in [-0.25, -0.2) is 0 Å². The van der Waals surface area contributed by atoms with E-state index in [2.05, 4.69) is 43.1 Å². The molecule has 74 valence electrons. The van der Waals surface area contributed by atoms with Crippen LogP contribution in [0.3, 0.4) is 0 Å². The van der Waals surface area contributed by atoms with E-state index in [0.29, 0.717) is 0 Å². The lowest BCUT2D eigenvalue weighted by Gasteiger charge is -1.99. The van der Waals surface area contributed by atoms with Crippen molar-refractivity contribution in [3.8, 4) is 0 Å². The number of aryl methyl sites for hydroxylation is 2. The fraction of sp³-hybridized carbons (Fsp3) is 0.385. The van der Waals surface area contributed by atoms with E-state index in [0.717, 1.165) is 6.42 Å². The van der Waals surface area contributed by atoms with Crippen LogP contribution in [0.2, 0.25) is 0 Å². The first-order valence-electron chi connectivity index (χ1n) is 5.45. The van der Waals surface area contributed by atoms with Crippen molar-refractivity contribution < 1.29 is 0 Å². The second kappa shape index (κ2) is 3.87. The van der Waals surface area contributed by atoms with Gasteiger partial charge in [-0.2, -0.15) is 0 Å². The van der Waals surface area contributed by atoms with Crippen LogP contribution in [0.4, 0.5) is 0 Å². The van der Waals surface area contributed by atoms with Gasteiger partial charge in [0.05, 0.1) is 0 Å². The van der Waals surface area contributed by atoms with Crippen molar-refractivity contribution >= 4 is 10.9 Å². The molecule has 0 aliphatic rings.